The molecular weight excluding hydrogens is 472 g/mol. The van der Waals surface area contributed by atoms with Crippen LogP contribution in [0.25, 0.3) is 5.69 Å². The van der Waals surface area contributed by atoms with Crippen LogP contribution in [0.15, 0.2) is 59.2 Å². The topological polar surface area (TPSA) is 42.3 Å². The maximum atomic E-state index is 5.77. The van der Waals surface area contributed by atoms with Crippen molar-refractivity contribution in [1.29, 1.82) is 0 Å². The van der Waals surface area contributed by atoms with Gasteiger partial charge in [-0.2, -0.15) is 0 Å². The Labute approximate surface area is 197 Å². The summed E-state index contributed by atoms with van der Waals surface area (Å²) in [7, 11) is 1.74. The molecule has 0 amide bonds. The van der Waals surface area contributed by atoms with E-state index in [9.17, 15) is 0 Å². The smallest absolute Gasteiger partial charge is 0.170 e. The molecule has 162 valence electrons. The summed E-state index contributed by atoms with van der Waals surface area (Å²) in [5.74, 6) is 0. The lowest BCUT2D eigenvalue weighted by atomic mass is 9.96. The van der Waals surface area contributed by atoms with E-state index in [1.54, 1.807) is 7.11 Å². The normalized spacial score (nSPS) is 18.5. The summed E-state index contributed by atoms with van der Waals surface area (Å²) in [6.45, 7) is 5.88. The minimum atomic E-state index is -0.00453. The van der Waals surface area contributed by atoms with Crippen LogP contribution in [-0.2, 0) is 4.74 Å². The number of hydrogen-bond acceptors (Lipinski definition) is 3. The lowest BCUT2D eigenvalue weighted by molar-refractivity contribution is 0.180. The van der Waals surface area contributed by atoms with Crippen molar-refractivity contribution in [2.24, 2.45) is 0 Å². The number of halogens is 1. The second kappa shape index (κ2) is 9.51. The largest absolute Gasteiger partial charge is 0.385 e. The lowest BCUT2D eigenvalue weighted by Crippen LogP contribution is -2.31. The second-order valence-corrected chi connectivity index (χ2v) is 9.11. The zero-order valence-corrected chi connectivity index (χ0v) is 20.4. The van der Waals surface area contributed by atoms with Gasteiger partial charge < -0.3 is 19.5 Å². The Kier molecular flexibility index (Phi) is 6.74. The number of aromatic nitrogens is 2. The summed E-state index contributed by atoms with van der Waals surface area (Å²) in [6.07, 6.45) is 2.75. The molecule has 31 heavy (non-hydrogen) atoms. The molecule has 0 spiro atoms. The van der Waals surface area contributed by atoms with Crippen LogP contribution in [0.2, 0.25) is 0 Å². The quantitative estimate of drug-likeness (QED) is 0.355. The number of nitrogens with one attached hydrogen (secondary N) is 1. The standard InChI is InChI=1S/C24H27BrN4OS/c1-16-15-20(17(2)29(16)19-10-8-18(25)9-11-19)23-22(21-7-4-5-12-26-21)27-24(31)28(23)13-6-14-30-3/h4-5,7-12,15,22-23H,6,13-14H2,1-3H3,(H,27,31)/t22-,23-/m1/s1. The summed E-state index contributed by atoms with van der Waals surface area (Å²) in [4.78, 5) is 6.94. The first-order valence-corrected chi connectivity index (χ1v) is 11.6. The van der Waals surface area contributed by atoms with Crippen LogP contribution in [-0.4, -0.2) is 39.8 Å². The fourth-order valence-electron chi connectivity index (χ4n) is 4.44. The Hall–Kier alpha value is -2.22. The van der Waals surface area contributed by atoms with Crippen molar-refractivity contribution in [2.75, 3.05) is 20.3 Å². The average Bonchev–Trinajstić information content (AvgIpc) is 3.25. The SMILES string of the molecule is COCCCN1C(=S)N[C@H](c2ccccn2)[C@H]1c1cc(C)n(-c2ccc(Br)cc2)c1C. The molecular formula is C24H27BrN4OS. The van der Waals surface area contributed by atoms with Gasteiger partial charge in [0.25, 0.3) is 0 Å². The molecule has 1 N–H and O–H groups in total. The van der Waals surface area contributed by atoms with Crippen molar-refractivity contribution in [2.45, 2.75) is 32.4 Å². The highest BCUT2D eigenvalue weighted by molar-refractivity contribution is 9.10. The van der Waals surface area contributed by atoms with Gasteiger partial charge in [-0.05, 0) is 80.5 Å². The predicted molar refractivity (Wildman–Crippen MR) is 132 cm³/mol. The third kappa shape index (κ3) is 4.40. The van der Waals surface area contributed by atoms with E-state index < -0.39 is 0 Å². The number of hydrogen-bond donors (Lipinski definition) is 1. The third-order valence-electron chi connectivity index (χ3n) is 5.82. The van der Waals surface area contributed by atoms with Crippen molar-refractivity contribution in [3.8, 4) is 5.69 Å². The van der Waals surface area contributed by atoms with Gasteiger partial charge >= 0.3 is 0 Å². The van der Waals surface area contributed by atoms with Crippen molar-refractivity contribution in [1.82, 2.24) is 19.8 Å². The Morgan fingerprint density at radius 2 is 1.94 bits per heavy atom. The van der Waals surface area contributed by atoms with Crippen molar-refractivity contribution >= 4 is 33.3 Å². The average molecular weight is 499 g/mol. The summed E-state index contributed by atoms with van der Waals surface area (Å²) >= 11 is 9.31. The molecule has 5 nitrogen and oxygen atoms in total. The molecule has 1 saturated heterocycles. The van der Waals surface area contributed by atoms with E-state index in [0.29, 0.717) is 6.61 Å². The monoisotopic (exact) mass is 498 g/mol. The molecule has 4 rings (SSSR count). The number of thiocarbonyl (C=S) groups is 1. The minimum Gasteiger partial charge on any atom is -0.385 e. The molecule has 0 radical (unpaired) electrons. The molecule has 3 aromatic rings. The Morgan fingerprint density at radius 1 is 1.16 bits per heavy atom. The Morgan fingerprint density at radius 3 is 2.61 bits per heavy atom. The van der Waals surface area contributed by atoms with Crippen molar-refractivity contribution < 1.29 is 4.74 Å². The fraction of sp³-hybridized carbons (Fsp3) is 0.333. The minimum absolute atomic E-state index is 0.00453. The molecule has 0 unspecified atom stereocenters. The van der Waals surface area contributed by atoms with E-state index in [1.165, 1.54) is 17.0 Å². The molecule has 1 aliphatic rings. The molecule has 0 saturated carbocycles. The predicted octanol–water partition coefficient (Wildman–Crippen LogP) is 5.26. The molecule has 2 aromatic heterocycles. The Balaban J connectivity index is 1.78. The van der Waals surface area contributed by atoms with Gasteiger partial charge in [-0.15, -0.1) is 0 Å². The van der Waals surface area contributed by atoms with Gasteiger partial charge in [-0.3, -0.25) is 4.98 Å². The van der Waals surface area contributed by atoms with Crippen LogP contribution >= 0.6 is 28.1 Å². The number of ether oxygens (including phenoxy) is 1. The maximum absolute atomic E-state index is 5.77. The summed E-state index contributed by atoms with van der Waals surface area (Å²) in [5.41, 5.74) is 5.83. The zero-order chi connectivity index (χ0) is 22.0. The van der Waals surface area contributed by atoms with Crippen molar-refractivity contribution in [3.63, 3.8) is 0 Å². The number of nitrogens with zero attached hydrogens (tertiary/aromatic N) is 3. The van der Waals surface area contributed by atoms with E-state index in [4.69, 9.17) is 17.0 Å². The van der Waals surface area contributed by atoms with E-state index in [-0.39, 0.29) is 12.1 Å². The van der Waals surface area contributed by atoms with Gasteiger partial charge in [-0.1, -0.05) is 22.0 Å². The molecule has 1 aliphatic heterocycles. The first-order chi connectivity index (χ1) is 15.0. The van der Waals surface area contributed by atoms with Crippen molar-refractivity contribution in [3.05, 3.63) is 81.8 Å². The molecule has 3 heterocycles. The van der Waals surface area contributed by atoms with Crippen LogP contribution in [0.3, 0.4) is 0 Å². The van der Waals surface area contributed by atoms with Gasteiger partial charge in [0.2, 0.25) is 0 Å². The first-order valence-electron chi connectivity index (χ1n) is 10.4. The first kappa shape index (κ1) is 22.0. The van der Waals surface area contributed by atoms with E-state index in [1.807, 2.05) is 18.3 Å². The zero-order valence-electron chi connectivity index (χ0n) is 18.0. The van der Waals surface area contributed by atoms with Crippen LogP contribution in [0.1, 0.15) is 41.1 Å². The number of benzene rings is 1. The van der Waals surface area contributed by atoms with Gasteiger partial charge in [0, 0.05) is 48.0 Å². The number of methoxy groups -OCH3 is 1. The van der Waals surface area contributed by atoms with Gasteiger partial charge in [0.05, 0.1) is 17.8 Å². The molecule has 0 aliphatic carbocycles. The highest BCUT2D eigenvalue weighted by Crippen LogP contribution is 2.41. The maximum Gasteiger partial charge on any atom is 0.170 e. The second-order valence-electron chi connectivity index (χ2n) is 7.80. The number of pyridine rings is 1. The van der Waals surface area contributed by atoms with Gasteiger partial charge in [0.15, 0.2) is 5.11 Å². The van der Waals surface area contributed by atoms with Gasteiger partial charge in [-0.25, -0.2) is 0 Å². The summed E-state index contributed by atoms with van der Waals surface area (Å²) in [5, 5.41) is 4.31. The van der Waals surface area contributed by atoms with E-state index in [0.717, 1.165) is 33.9 Å². The van der Waals surface area contributed by atoms with Crippen LogP contribution in [0.4, 0.5) is 0 Å². The third-order valence-corrected chi connectivity index (χ3v) is 6.70. The van der Waals surface area contributed by atoms with E-state index in [2.05, 4.69) is 85.9 Å². The summed E-state index contributed by atoms with van der Waals surface area (Å²) < 4.78 is 8.68. The molecule has 1 fully saturated rings. The van der Waals surface area contributed by atoms with Crippen LogP contribution in [0, 0.1) is 13.8 Å². The molecule has 7 heteroatoms. The highest BCUT2D eigenvalue weighted by Gasteiger charge is 2.41. The molecule has 1 aromatic carbocycles. The van der Waals surface area contributed by atoms with Crippen LogP contribution in [0.5, 0.6) is 0 Å². The van der Waals surface area contributed by atoms with Gasteiger partial charge in [0.1, 0.15) is 0 Å². The number of rotatable bonds is 7. The molecule has 2 atom stereocenters. The summed E-state index contributed by atoms with van der Waals surface area (Å²) in [6, 6.07) is 16.8. The highest BCUT2D eigenvalue weighted by atomic mass is 79.9. The fourth-order valence-corrected chi connectivity index (χ4v) is 5.03. The van der Waals surface area contributed by atoms with E-state index >= 15 is 0 Å². The van der Waals surface area contributed by atoms with Crippen LogP contribution < -0.4 is 5.32 Å². The lowest BCUT2D eigenvalue weighted by Gasteiger charge is -2.28. The Bertz CT molecular complexity index is 1050. The number of aryl methyl sites for hydroxylation is 1. The molecule has 0 bridgehead atoms.